The lowest BCUT2D eigenvalue weighted by atomic mass is 10.2. The minimum absolute atomic E-state index is 0.0448. The van der Waals surface area contributed by atoms with Crippen LogP contribution in [0.15, 0.2) is 42.5 Å². The number of amides is 2. The monoisotopic (exact) mass is 386 g/mol. The smallest absolute Gasteiger partial charge is 0.270 e. The zero-order chi connectivity index (χ0) is 19.8. The molecule has 2 amide bonds. The quantitative estimate of drug-likeness (QED) is 0.748. The molecule has 3 rings (SSSR count). The summed E-state index contributed by atoms with van der Waals surface area (Å²) in [5.74, 6) is -1.19. The number of nitrogens with zero attached hydrogens (tertiary/aromatic N) is 2. The molecular weight excluding hydrogens is 363 g/mol. The van der Waals surface area contributed by atoms with Crippen LogP contribution in [0.3, 0.4) is 0 Å². The Morgan fingerprint density at radius 1 is 1.00 bits per heavy atom. The molecule has 1 aromatic carbocycles. The molecule has 2 aromatic rings. The van der Waals surface area contributed by atoms with Gasteiger partial charge in [-0.25, -0.2) is 9.37 Å². The Kier molecular flexibility index (Phi) is 7.05. The van der Waals surface area contributed by atoms with E-state index in [2.05, 4.69) is 20.5 Å². The molecule has 0 spiro atoms. The minimum Gasteiger partial charge on any atom is -0.379 e. The Hall–Kier alpha value is -2.84. The molecule has 1 fully saturated rings. The van der Waals surface area contributed by atoms with Gasteiger partial charge < -0.3 is 15.4 Å². The first-order valence-electron chi connectivity index (χ1n) is 9.20. The van der Waals surface area contributed by atoms with E-state index in [0.717, 1.165) is 19.6 Å². The number of halogens is 1. The molecule has 1 saturated heterocycles. The normalized spacial score (nSPS) is 14.5. The maximum atomic E-state index is 13.6. The summed E-state index contributed by atoms with van der Waals surface area (Å²) in [7, 11) is 0. The Labute approximate surface area is 162 Å². The van der Waals surface area contributed by atoms with Crippen LogP contribution >= 0.6 is 0 Å². The van der Waals surface area contributed by atoms with Gasteiger partial charge in [-0.3, -0.25) is 14.5 Å². The standard InChI is InChI=1S/C20H23FN4O3/c21-16-5-2-1-4-15(16)14-23-20(27)18-7-3-6-17(24-18)19(26)22-8-9-25-10-12-28-13-11-25/h1-7H,8-14H2,(H,22,26)(H,23,27). The van der Waals surface area contributed by atoms with Gasteiger partial charge in [0.1, 0.15) is 17.2 Å². The number of hydrogen-bond acceptors (Lipinski definition) is 5. The van der Waals surface area contributed by atoms with Gasteiger partial charge in [-0.1, -0.05) is 24.3 Å². The number of nitrogens with one attached hydrogen (secondary N) is 2. The molecular formula is C20H23FN4O3. The minimum atomic E-state index is -0.466. The van der Waals surface area contributed by atoms with E-state index >= 15 is 0 Å². The summed E-state index contributed by atoms with van der Waals surface area (Å²) in [5, 5.41) is 5.43. The molecule has 0 atom stereocenters. The third kappa shape index (κ3) is 5.58. The van der Waals surface area contributed by atoms with Crippen molar-refractivity contribution in [1.82, 2.24) is 20.5 Å². The van der Waals surface area contributed by atoms with Crippen molar-refractivity contribution >= 4 is 11.8 Å². The van der Waals surface area contributed by atoms with E-state index in [1.807, 2.05) is 0 Å². The van der Waals surface area contributed by atoms with Crippen LogP contribution in [0.1, 0.15) is 26.5 Å². The van der Waals surface area contributed by atoms with Crippen molar-refractivity contribution in [2.24, 2.45) is 0 Å². The van der Waals surface area contributed by atoms with Crippen molar-refractivity contribution < 1.29 is 18.7 Å². The second-order valence-corrected chi connectivity index (χ2v) is 6.39. The summed E-state index contributed by atoms with van der Waals surface area (Å²) < 4.78 is 18.9. The fourth-order valence-corrected chi connectivity index (χ4v) is 2.84. The third-order valence-electron chi connectivity index (χ3n) is 4.43. The molecule has 1 aliphatic heterocycles. The van der Waals surface area contributed by atoms with Gasteiger partial charge in [-0.15, -0.1) is 0 Å². The van der Waals surface area contributed by atoms with Crippen LogP contribution < -0.4 is 10.6 Å². The van der Waals surface area contributed by atoms with Crippen molar-refractivity contribution in [3.05, 3.63) is 65.2 Å². The maximum absolute atomic E-state index is 13.6. The van der Waals surface area contributed by atoms with Gasteiger partial charge in [0, 0.05) is 38.3 Å². The number of rotatable bonds is 7. The number of carbonyl (C=O) groups excluding carboxylic acids is 2. The molecule has 0 unspecified atom stereocenters. The molecule has 0 bridgehead atoms. The highest BCUT2D eigenvalue weighted by Crippen LogP contribution is 2.06. The number of hydrogen-bond donors (Lipinski definition) is 2. The highest BCUT2D eigenvalue weighted by Gasteiger charge is 2.14. The fraction of sp³-hybridized carbons (Fsp3) is 0.350. The van der Waals surface area contributed by atoms with Gasteiger partial charge in [-0.2, -0.15) is 0 Å². The summed E-state index contributed by atoms with van der Waals surface area (Å²) in [5.41, 5.74) is 0.658. The molecule has 148 valence electrons. The lowest BCUT2D eigenvalue weighted by Gasteiger charge is -2.26. The number of carbonyl (C=O) groups is 2. The van der Waals surface area contributed by atoms with E-state index in [1.54, 1.807) is 30.3 Å². The predicted molar refractivity (Wildman–Crippen MR) is 101 cm³/mol. The van der Waals surface area contributed by atoms with Crippen LogP contribution in [-0.2, 0) is 11.3 Å². The SMILES string of the molecule is O=C(NCCN1CCOCC1)c1cccc(C(=O)NCc2ccccc2F)n1. The summed E-state index contributed by atoms with van der Waals surface area (Å²) >= 11 is 0. The molecule has 2 N–H and O–H groups in total. The van der Waals surface area contributed by atoms with Crippen LogP contribution in [0.4, 0.5) is 4.39 Å². The molecule has 7 nitrogen and oxygen atoms in total. The highest BCUT2D eigenvalue weighted by molar-refractivity contribution is 5.96. The van der Waals surface area contributed by atoms with E-state index in [0.29, 0.717) is 25.3 Å². The van der Waals surface area contributed by atoms with Crippen molar-refractivity contribution in [2.45, 2.75) is 6.54 Å². The summed E-state index contributed by atoms with van der Waals surface area (Å²) in [6.07, 6.45) is 0. The van der Waals surface area contributed by atoms with E-state index in [9.17, 15) is 14.0 Å². The summed E-state index contributed by atoms with van der Waals surface area (Å²) in [6.45, 7) is 4.39. The molecule has 0 aliphatic carbocycles. The number of benzene rings is 1. The number of ether oxygens (including phenoxy) is 1. The molecule has 2 heterocycles. The molecule has 1 aromatic heterocycles. The van der Waals surface area contributed by atoms with Gasteiger partial charge in [0.15, 0.2) is 0 Å². The summed E-state index contributed by atoms with van der Waals surface area (Å²) in [4.78, 5) is 30.9. The molecule has 0 saturated carbocycles. The highest BCUT2D eigenvalue weighted by atomic mass is 19.1. The van der Waals surface area contributed by atoms with Crippen molar-refractivity contribution in [3.63, 3.8) is 0 Å². The van der Waals surface area contributed by atoms with Gasteiger partial charge in [0.25, 0.3) is 11.8 Å². The van der Waals surface area contributed by atoms with Crippen LogP contribution in [0.5, 0.6) is 0 Å². The molecule has 8 heteroatoms. The summed E-state index contributed by atoms with van der Waals surface area (Å²) in [6, 6.07) is 10.9. The van der Waals surface area contributed by atoms with Crippen molar-refractivity contribution in [3.8, 4) is 0 Å². The first-order valence-corrected chi connectivity index (χ1v) is 9.20. The average Bonchev–Trinajstić information content (AvgIpc) is 2.74. The van der Waals surface area contributed by atoms with E-state index in [-0.39, 0.29) is 29.7 Å². The van der Waals surface area contributed by atoms with E-state index in [4.69, 9.17) is 4.74 Å². The lowest BCUT2D eigenvalue weighted by molar-refractivity contribution is 0.0383. The van der Waals surface area contributed by atoms with Crippen LogP contribution in [-0.4, -0.2) is 61.1 Å². The average molecular weight is 386 g/mol. The molecule has 1 aliphatic rings. The van der Waals surface area contributed by atoms with Gasteiger partial charge in [0.05, 0.1) is 13.2 Å². The van der Waals surface area contributed by atoms with Gasteiger partial charge in [-0.05, 0) is 18.2 Å². The number of morpholine rings is 1. The third-order valence-corrected chi connectivity index (χ3v) is 4.43. The fourth-order valence-electron chi connectivity index (χ4n) is 2.84. The van der Waals surface area contributed by atoms with Gasteiger partial charge >= 0.3 is 0 Å². The Balaban J connectivity index is 1.51. The first-order chi connectivity index (χ1) is 13.6. The lowest BCUT2D eigenvalue weighted by Crippen LogP contribution is -2.41. The zero-order valence-electron chi connectivity index (χ0n) is 15.5. The Bertz CT molecular complexity index is 825. The largest absolute Gasteiger partial charge is 0.379 e. The van der Waals surface area contributed by atoms with Crippen molar-refractivity contribution in [2.75, 3.05) is 39.4 Å². The predicted octanol–water partition coefficient (Wildman–Crippen LogP) is 1.21. The van der Waals surface area contributed by atoms with E-state index in [1.165, 1.54) is 12.1 Å². The van der Waals surface area contributed by atoms with Gasteiger partial charge in [0.2, 0.25) is 0 Å². The zero-order valence-corrected chi connectivity index (χ0v) is 15.5. The molecule has 0 radical (unpaired) electrons. The number of aromatic nitrogens is 1. The van der Waals surface area contributed by atoms with Crippen LogP contribution in [0.2, 0.25) is 0 Å². The van der Waals surface area contributed by atoms with Crippen molar-refractivity contribution in [1.29, 1.82) is 0 Å². The topological polar surface area (TPSA) is 83.6 Å². The maximum Gasteiger partial charge on any atom is 0.270 e. The Morgan fingerprint density at radius 2 is 1.68 bits per heavy atom. The molecule has 28 heavy (non-hydrogen) atoms. The van der Waals surface area contributed by atoms with E-state index < -0.39 is 5.91 Å². The second kappa shape index (κ2) is 9.91. The first kappa shape index (κ1) is 19.9. The second-order valence-electron chi connectivity index (χ2n) is 6.39. The van der Waals surface area contributed by atoms with Crippen LogP contribution in [0.25, 0.3) is 0 Å². The Morgan fingerprint density at radius 3 is 2.39 bits per heavy atom. The van der Waals surface area contributed by atoms with Crippen LogP contribution in [0, 0.1) is 5.82 Å². The number of pyridine rings is 1.